The van der Waals surface area contributed by atoms with Gasteiger partial charge in [0.2, 0.25) is 0 Å². The van der Waals surface area contributed by atoms with Crippen LogP contribution in [0, 0.1) is 0 Å². The molecule has 2 rings (SSSR count). The average Bonchev–Trinajstić information content (AvgIpc) is 3.08. The summed E-state index contributed by atoms with van der Waals surface area (Å²) in [5.74, 6) is -0.547. The summed E-state index contributed by atoms with van der Waals surface area (Å²) in [5.41, 5.74) is 0.442. The zero-order valence-electron chi connectivity index (χ0n) is 18.1. The largest absolute Gasteiger partial charge is 0.484 e. The first-order valence-corrected chi connectivity index (χ1v) is 10.8. The molecule has 7 nitrogen and oxygen atoms in total. The van der Waals surface area contributed by atoms with E-state index in [2.05, 4.69) is 6.92 Å². The number of rotatable bonds is 13. The molecule has 1 aromatic heterocycles. The van der Waals surface area contributed by atoms with Crippen LogP contribution in [0.25, 0.3) is 0 Å². The lowest BCUT2D eigenvalue weighted by atomic mass is 10.1. The highest BCUT2D eigenvalue weighted by Gasteiger charge is 2.35. The Labute approximate surface area is 173 Å². The molecule has 0 spiro atoms. The van der Waals surface area contributed by atoms with E-state index in [4.69, 9.17) is 18.9 Å². The van der Waals surface area contributed by atoms with Crippen molar-refractivity contribution in [2.75, 3.05) is 27.4 Å². The Balaban J connectivity index is 1.97. The molecule has 7 heteroatoms. The topological polar surface area (TPSA) is 76.0 Å². The molecule has 0 amide bonds. The molecular formula is C22H35NO6. The Morgan fingerprint density at radius 3 is 1.59 bits per heavy atom. The molecule has 1 aromatic rings. The lowest BCUT2D eigenvalue weighted by molar-refractivity contribution is 0.0575. The van der Waals surface area contributed by atoms with Crippen LogP contribution in [0.15, 0.2) is 0 Å². The fourth-order valence-electron chi connectivity index (χ4n) is 3.71. The van der Waals surface area contributed by atoms with Gasteiger partial charge < -0.3 is 23.5 Å². The van der Waals surface area contributed by atoms with Crippen molar-refractivity contribution >= 4 is 11.9 Å². The molecule has 2 heterocycles. The molecule has 0 aromatic carbocycles. The second-order valence-electron chi connectivity index (χ2n) is 7.37. The minimum atomic E-state index is -0.547. The van der Waals surface area contributed by atoms with E-state index in [-0.39, 0.29) is 22.9 Å². The minimum absolute atomic E-state index is 0.221. The maximum absolute atomic E-state index is 12.4. The van der Waals surface area contributed by atoms with E-state index in [0.717, 1.165) is 19.3 Å². The molecule has 0 radical (unpaired) electrons. The molecule has 0 bridgehead atoms. The maximum Gasteiger partial charge on any atom is 0.358 e. The van der Waals surface area contributed by atoms with Gasteiger partial charge in [0.1, 0.15) is 13.2 Å². The highest BCUT2D eigenvalue weighted by molar-refractivity contribution is 5.99. The van der Waals surface area contributed by atoms with Gasteiger partial charge in [0.05, 0.1) is 14.2 Å². The lowest BCUT2D eigenvalue weighted by Crippen LogP contribution is -2.17. The molecular weight excluding hydrogens is 374 g/mol. The fourth-order valence-corrected chi connectivity index (χ4v) is 3.71. The molecule has 164 valence electrons. The summed E-state index contributed by atoms with van der Waals surface area (Å²) >= 11 is 0. The van der Waals surface area contributed by atoms with Gasteiger partial charge in [-0.15, -0.1) is 0 Å². The van der Waals surface area contributed by atoms with Gasteiger partial charge in [0, 0.05) is 6.54 Å². The minimum Gasteiger partial charge on any atom is -0.484 e. The van der Waals surface area contributed by atoms with E-state index in [1.165, 1.54) is 59.2 Å². The van der Waals surface area contributed by atoms with Gasteiger partial charge in [-0.2, -0.15) is 0 Å². The van der Waals surface area contributed by atoms with Gasteiger partial charge in [-0.25, -0.2) is 9.59 Å². The number of hydrogen-bond donors (Lipinski definition) is 0. The third-order valence-corrected chi connectivity index (χ3v) is 5.25. The third-order valence-electron chi connectivity index (χ3n) is 5.25. The Morgan fingerprint density at radius 1 is 0.759 bits per heavy atom. The Hall–Kier alpha value is -2.18. The van der Waals surface area contributed by atoms with Crippen molar-refractivity contribution in [3.8, 4) is 11.5 Å². The first-order valence-electron chi connectivity index (χ1n) is 10.8. The van der Waals surface area contributed by atoms with Crippen LogP contribution in [0.2, 0.25) is 0 Å². The van der Waals surface area contributed by atoms with E-state index in [1.54, 1.807) is 4.57 Å². The zero-order valence-corrected chi connectivity index (χ0v) is 18.1. The number of methoxy groups -OCH3 is 2. The highest BCUT2D eigenvalue weighted by atomic mass is 16.6. The van der Waals surface area contributed by atoms with Crippen molar-refractivity contribution in [1.29, 1.82) is 0 Å². The van der Waals surface area contributed by atoms with Gasteiger partial charge in [0.25, 0.3) is 0 Å². The number of nitrogens with zero attached hydrogens (tertiary/aromatic N) is 1. The van der Waals surface area contributed by atoms with Crippen LogP contribution in [0.1, 0.15) is 92.1 Å². The van der Waals surface area contributed by atoms with Crippen LogP contribution in [0.4, 0.5) is 0 Å². The Kier molecular flexibility index (Phi) is 9.88. The van der Waals surface area contributed by atoms with E-state index in [1.807, 2.05) is 0 Å². The molecule has 1 aliphatic heterocycles. The number of ether oxygens (including phenoxy) is 4. The standard InChI is InChI=1S/C22H35NO6/c1-4-5-6-7-8-9-10-11-12-13-14-23-17(21(24)26-2)19-20(29-16-15-28-19)18(23)22(25)27-3/h4-16H2,1-3H3. The second kappa shape index (κ2) is 12.4. The molecule has 0 saturated carbocycles. The molecule has 0 unspecified atom stereocenters. The van der Waals surface area contributed by atoms with Crippen molar-refractivity contribution in [3.63, 3.8) is 0 Å². The Morgan fingerprint density at radius 2 is 1.17 bits per heavy atom. The Bertz CT molecular complexity index is 623. The van der Waals surface area contributed by atoms with E-state index < -0.39 is 11.9 Å². The summed E-state index contributed by atoms with van der Waals surface area (Å²) in [5, 5.41) is 0. The zero-order chi connectivity index (χ0) is 21.1. The summed E-state index contributed by atoms with van der Waals surface area (Å²) in [6.45, 7) is 3.38. The predicted molar refractivity (Wildman–Crippen MR) is 110 cm³/mol. The van der Waals surface area contributed by atoms with Crippen LogP contribution >= 0.6 is 0 Å². The van der Waals surface area contributed by atoms with Gasteiger partial charge >= 0.3 is 11.9 Å². The first-order chi connectivity index (χ1) is 14.2. The van der Waals surface area contributed by atoms with E-state index >= 15 is 0 Å². The quantitative estimate of drug-likeness (QED) is 0.346. The van der Waals surface area contributed by atoms with Crippen LogP contribution in [-0.2, 0) is 16.0 Å². The lowest BCUT2D eigenvalue weighted by Gasteiger charge is -2.15. The number of carbonyl (C=O) groups excluding carboxylic acids is 2. The first kappa shape index (κ1) is 23.1. The number of esters is 2. The molecule has 29 heavy (non-hydrogen) atoms. The van der Waals surface area contributed by atoms with Crippen LogP contribution in [0.5, 0.6) is 11.5 Å². The SMILES string of the molecule is CCCCCCCCCCCCn1c(C(=O)OC)c2c(c1C(=O)OC)OCCO2. The van der Waals surface area contributed by atoms with Crippen molar-refractivity contribution in [3.05, 3.63) is 11.4 Å². The molecule has 0 aliphatic carbocycles. The van der Waals surface area contributed by atoms with E-state index in [9.17, 15) is 9.59 Å². The number of hydrogen-bond acceptors (Lipinski definition) is 6. The fraction of sp³-hybridized carbons (Fsp3) is 0.727. The van der Waals surface area contributed by atoms with Gasteiger partial charge in [-0.3, -0.25) is 0 Å². The molecule has 0 fully saturated rings. The van der Waals surface area contributed by atoms with Crippen LogP contribution in [0.3, 0.4) is 0 Å². The number of aromatic nitrogens is 1. The van der Waals surface area contributed by atoms with Crippen molar-refractivity contribution in [2.45, 2.75) is 77.7 Å². The van der Waals surface area contributed by atoms with Crippen molar-refractivity contribution in [2.24, 2.45) is 0 Å². The molecule has 1 aliphatic rings. The van der Waals surface area contributed by atoms with Gasteiger partial charge in [-0.1, -0.05) is 64.7 Å². The predicted octanol–water partition coefficient (Wildman–Crippen LogP) is 4.75. The second-order valence-corrected chi connectivity index (χ2v) is 7.37. The summed E-state index contributed by atoms with van der Waals surface area (Å²) in [7, 11) is 2.63. The average molecular weight is 410 g/mol. The van der Waals surface area contributed by atoms with Crippen LogP contribution in [-0.4, -0.2) is 43.9 Å². The summed E-state index contributed by atoms with van der Waals surface area (Å²) in [4.78, 5) is 24.8. The monoisotopic (exact) mass is 409 g/mol. The summed E-state index contributed by atoms with van der Waals surface area (Å²) in [6, 6.07) is 0. The summed E-state index contributed by atoms with van der Waals surface area (Å²) < 4.78 is 22.8. The maximum atomic E-state index is 12.4. The molecule has 0 saturated heterocycles. The highest BCUT2D eigenvalue weighted by Crippen LogP contribution is 2.41. The van der Waals surface area contributed by atoms with Gasteiger partial charge in [0.15, 0.2) is 22.9 Å². The van der Waals surface area contributed by atoms with Crippen molar-refractivity contribution < 1.29 is 28.5 Å². The van der Waals surface area contributed by atoms with E-state index in [0.29, 0.717) is 19.8 Å². The van der Waals surface area contributed by atoms with Crippen LogP contribution < -0.4 is 9.47 Å². The summed E-state index contributed by atoms with van der Waals surface area (Å²) in [6.07, 6.45) is 12.1. The third kappa shape index (κ3) is 6.15. The smallest absolute Gasteiger partial charge is 0.358 e. The normalized spacial score (nSPS) is 12.7. The molecule has 0 atom stereocenters. The number of fused-ring (bicyclic) bond motifs is 1. The number of unbranched alkanes of at least 4 members (excludes halogenated alkanes) is 9. The van der Waals surface area contributed by atoms with Crippen molar-refractivity contribution in [1.82, 2.24) is 4.57 Å². The number of carbonyl (C=O) groups is 2. The van der Waals surface area contributed by atoms with Gasteiger partial charge in [-0.05, 0) is 6.42 Å². The molecule has 0 N–H and O–H groups in total.